The molecule has 4 rings (SSSR count). The van der Waals surface area contributed by atoms with Gasteiger partial charge in [0.15, 0.2) is 5.82 Å². The van der Waals surface area contributed by atoms with E-state index in [1.54, 1.807) is 6.20 Å². The highest BCUT2D eigenvalue weighted by molar-refractivity contribution is 5.90. The summed E-state index contributed by atoms with van der Waals surface area (Å²) in [4.78, 5) is 16.7. The molecule has 2 N–H and O–H groups in total. The van der Waals surface area contributed by atoms with E-state index in [1.807, 2.05) is 37.6 Å². The van der Waals surface area contributed by atoms with Crippen LogP contribution in [-0.2, 0) is 11.3 Å². The van der Waals surface area contributed by atoms with Crippen molar-refractivity contribution in [2.45, 2.75) is 53.2 Å². The van der Waals surface area contributed by atoms with Crippen LogP contribution < -0.4 is 15.5 Å². The fourth-order valence-electron chi connectivity index (χ4n) is 3.92. The molecule has 2 atom stereocenters. The molecule has 9 heteroatoms. The van der Waals surface area contributed by atoms with Gasteiger partial charge in [0, 0.05) is 38.0 Å². The molecule has 1 saturated heterocycles. The number of rotatable bonds is 7. The molecule has 1 aliphatic heterocycles. The van der Waals surface area contributed by atoms with Crippen LogP contribution in [0.1, 0.15) is 32.0 Å². The van der Waals surface area contributed by atoms with E-state index in [1.165, 1.54) is 0 Å². The number of aromatic nitrogens is 5. The van der Waals surface area contributed by atoms with Crippen LogP contribution in [0.2, 0.25) is 0 Å². The molecule has 0 unspecified atom stereocenters. The SMILES string of the molecule is CCOCCn1nc(C)c2nc(N3C[C@H](C)NC[C@H]3C)nc(Nc3cc(C)ccn3)c21. The van der Waals surface area contributed by atoms with Gasteiger partial charge < -0.3 is 20.3 Å². The minimum absolute atomic E-state index is 0.298. The summed E-state index contributed by atoms with van der Waals surface area (Å²) in [5.74, 6) is 2.19. The fourth-order valence-corrected chi connectivity index (χ4v) is 3.92. The lowest BCUT2D eigenvalue weighted by Crippen LogP contribution is -2.55. The van der Waals surface area contributed by atoms with E-state index in [0.29, 0.717) is 37.7 Å². The minimum atomic E-state index is 0.298. The topological polar surface area (TPSA) is 93.0 Å². The molecule has 166 valence electrons. The molecule has 3 aromatic heterocycles. The Morgan fingerprint density at radius 1 is 1.26 bits per heavy atom. The summed E-state index contributed by atoms with van der Waals surface area (Å²) in [7, 11) is 0. The number of ether oxygens (including phenoxy) is 1. The van der Waals surface area contributed by atoms with Crippen LogP contribution in [0.5, 0.6) is 0 Å². The average Bonchev–Trinajstić information content (AvgIpc) is 3.06. The van der Waals surface area contributed by atoms with Crippen molar-refractivity contribution in [1.82, 2.24) is 30.0 Å². The van der Waals surface area contributed by atoms with Crippen molar-refractivity contribution in [3.05, 3.63) is 29.6 Å². The maximum atomic E-state index is 5.56. The molecular weight excluding hydrogens is 392 g/mol. The maximum absolute atomic E-state index is 5.56. The number of nitrogens with zero attached hydrogens (tertiary/aromatic N) is 6. The number of piperazine rings is 1. The fraction of sp³-hybridized carbons (Fsp3) is 0.545. The number of fused-ring (bicyclic) bond motifs is 1. The van der Waals surface area contributed by atoms with E-state index < -0.39 is 0 Å². The molecule has 4 heterocycles. The number of anilines is 3. The lowest BCUT2D eigenvalue weighted by Gasteiger charge is -2.37. The molecule has 31 heavy (non-hydrogen) atoms. The summed E-state index contributed by atoms with van der Waals surface area (Å²) in [5.41, 5.74) is 3.75. The first kappa shape index (κ1) is 21.5. The third kappa shape index (κ3) is 4.62. The first-order valence-corrected chi connectivity index (χ1v) is 11.0. The monoisotopic (exact) mass is 424 g/mol. The van der Waals surface area contributed by atoms with Gasteiger partial charge in [-0.2, -0.15) is 10.1 Å². The summed E-state index contributed by atoms with van der Waals surface area (Å²) in [6.45, 7) is 14.1. The summed E-state index contributed by atoms with van der Waals surface area (Å²) in [5, 5.41) is 11.7. The molecular formula is C22H32N8O. The molecule has 1 aliphatic rings. The standard InChI is InChI=1S/C22H32N8O/c1-6-31-10-9-30-20-19(17(5)28-30)26-22(29-13-15(3)24-12-16(29)4)27-21(20)25-18-11-14(2)7-8-23-18/h7-8,11,15-16,24H,6,9-10,12-13H2,1-5H3,(H,23,25,26,27)/t15-,16+/m0/s1. The Morgan fingerprint density at radius 2 is 2.10 bits per heavy atom. The third-order valence-corrected chi connectivity index (χ3v) is 5.58. The second-order valence-corrected chi connectivity index (χ2v) is 8.23. The van der Waals surface area contributed by atoms with E-state index in [-0.39, 0.29) is 0 Å². The smallest absolute Gasteiger partial charge is 0.228 e. The number of aryl methyl sites for hydroxylation is 2. The normalized spacial score (nSPS) is 19.2. The molecule has 0 bridgehead atoms. The quantitative estimate of drug-likeness (QED) is 0.560. The lowest BCUT2D eigenvalue weighted by atomic mass is 10.1. The number of nitrogens with one attached hydrogen (secondary N) is 2. The van der Waals surface area contributed by atoms with Crippen molar-refractivity contribution >= 4 is 28.6 Å². The number of pyridine rings is 1. The predicted molar refractivity (Wildman–Crippen MR) is 123 cm³/mol. The first-order valence-electron chi connectivity index (χ1n) is 11.0. The number of hydrogen-bond donors (Lipinski definition) is 2. The lowest BCUT2D eigenvalue weighted by molar-refractivity contribution is 0.137. The molecule has 0 radical (unpaired) electrons. The van der Waals surface area contributed by atoms with Gasteiger partial charge in [-0.15, -0.1) is 0 Å². The molecule has 0 aliphatic carbocycles. The van der Waals surface area contributed by atoms with E-state index in [4.69, 9.17) is 19.8 Å². The van der Waals surface area contributed by atoms with Crippen molar-refractivity contribution in [3.63, 3.8) is 0 Å². The van der Waals surface area contributed by atoms with Crippen LogP contribution in [0, 0.1) is 13.8 Å². The van der Waals surface area contributed by atoms with Crippen LogP contribution in [0.15, 0.2) is 18.3 Å². The van der Waals surface area contributed by atoms with Crippen molar-refractivity contribution in [2.75, 3.05) is 36.5 Å². The van der Waals surface area contributed by atoms with E-state index >= 15 is 0 Å². The van der Waals surface area contributed by atoms with Crippen LogP contribution in [-0.4, -0.2) is 63.1 Å². The predicted octanol–water partition coefficient (Wildman–Crippen LogP) is 2.80. The van der Waals surface area contributed by atoms with Crippen molar-refractivity contribution in [3.8, 4) is 0 Å². The van der Waals surface area contributed by atoms with Gasteiger partial charge in [0.05, 0.1) is 18.8 Å². The number of hydrogen-bond acceptors (Lipinski definition) is 8. The molecule has 0 saturated carbocycles. The maximum Gasteiger partial charge on any atom is 0.228 e. The second-order valence-electron chi connectivity index (χ2n) is 8.23. The summed E-state index contributed by atoms with van der Waals surface area (Å²) < 4.78 is 7.50. The molecule has 3 aromatic rings. The van der Waals surface area contributed by atoms with Gasteiger partial charge in [-0.3, -0.25) is 4.68 Å². The van der Waals surface area contributed by atoms with E-state index in [0.717, 1.165) is 47.1 Å². The molecule has 0 aromatic carbocycles. The minimum Gasteiger partial charge on any atom is -0.380 e. The Bertz CT molecular complexity index is 1050. The van der Waals surface area contributed by atoms with Gasteiger partial charge >= 0.3 is 0 Å². The Kier molecular flexibility index (Phi) is 6.33. The van der Waals surface area contributed by atoms with Crippen LogP contribution in [0.3, 0.4) is 0 Å². The van der Waals surface area contributed by atoms with Crippen LogP contribution in [0.4, 0.5) is 17.6 Å². The zero-order valence-corrected chi connectivity index (χ0v) is 19.0. The third-order valence-electron chi connectivity index (χ3n) is 5.58. The van der Waals surface area contributed by atoms with Gasteiger partial charge in [-0.05, 0) is 52.3 Å². The van der Waals surface area contributed by atoms with Gasteiger partial charge in [-0.25, -0.2) is 9.97 Å². The average molecular weight is 425 g/mol. The summed E-state index contributed by atoms with van der Waals surface area (Å²) in [6, 6.07) is 4.66. The second kappa shape index (κ2) is 9.15. The first-order chi connectivity index (χ1) is 15.0. The molecule has 0 spiro atoms. The van der Waals surface area contributed by atoms with Gasteiger partial charge in [0.2, 0.25) is 5.95 Å². The summed E-state index contributed by atoms with van der Waals surface area (Å²) in [6.07, 6.45) is 1.80. The zero-order chi connectivity index (χ0) is 22.0. The zero-order valence-electron chi connectivity index (χ0n) is 19.0. The highest BCUT2D eigenvalue weighted by Crippen LogP contribution is 2.29. The Labute approximate surface area is 183 Å². The highest BCUT2D eigenvalue weighted by Gasteiger charge is 2.27. The van der Waals surface area contributed by atoms with Gasteiger partial charge in [-0.1, -0.05) is 0 Å². The van der Waals surface area contributed by atoms with E-state index in [2.05, 4.69) is 34.4 Å². The molecule has 1 fully saturated rings. The van der Waals surface area contributed by atoms with E-state index in [9.17, 15) is 0 Å². The largest absolute Gasteiger partial charge is 0.380 e. The van der Waals surface area contributed by atoms with Gasteiger partial charge in [0.25, 0.3) is 0 Å². The van der Waals surface area contributed by atoms with Crippen molar-refractivity contribution < 1.29 is 4.74 Å². The Balaban J connectivity index is 1.81. The van der Waals surface area contributed by atoms with Crippen LogP contribution in [0.25, 0.3) is 11.0 Å². The van der Waals surface area contributed by atoms with Crippen molar-refractivity contribution in [2.24, 2.45) is 0 Å². The van der Waals surface area contributed by atoms with Crippen LogP contribution >= 0.6 is 0 Å². The van der Waals surface area contributed by atoms with Crippen molar-refractivity contribution in [1.29, 1.82) is 0 Å². The summed E-state index contributed by atoms with van der Waals surface area (Å²) >= 11 is 0. The Morgan fingerprint density at radius 3 is 2.87 bits per heavy atom. The van der Waals surface area contributed by atoms with Gasteiger partial charge in [0.1, 0.15) is 16.9 Å². The molecule has 0 amide bonds. The molecule has 9 nitrogen and oxygen atoms in total. The Hall–Kier alpha value is -2.78. The highest BCUT2D eigenvalue weighted by atomic mass is 16.5.